The predicted octanol–water partition coefficient (Wildman–Crippen LogP) is 3.19. The summed E-state index contributed by atoms with van der Waals surface area (Å²) in [6.07, 6.45) is 0.502. The highest BCUT2D eigenvalue weighted by molar-refractivity contribution is 5.96. The summed E-state index contributed by atoms with van der Waals surface area (Å²) in [5.74, 6) is 0.677. The Bertz CT molecular complexity index is 1390. The van der Waals surface area contributed by atoms with E-state index in [1.54, 1.807) is 31.2 Å². The molecule has 8 atom stereocenters. The standard InChI is InChI=1S/C34H48N4O6/c1-18-26-14-23(34(26,3)4)15-27(18)36-33(42)30-29(19(2)40)28(17-39)44-38(30)16-20-9-8-10-25(31(20)43-7)21-11-22(32(35)41)13-24(12-21)37(5)6/h8-13,18-19,23,26-30,39-40H,14-17H2,1-7H3,(H2,35,41)(H,36,42)/t18-,19-,23+,26-,27-,28-,29-,30-/m0/s1. The lowest BCUT2D eigenvalue weighted by Crippen LogP contribution is -2.62. The van der Waals surface area contributed by atoms with Gasteiger partial charge in [0, 0.05) is 48.4 Å². The molecule has 0 spiro atoms. The molecule has 2 aromatic rings. The number of ether oxygens (including phenoxy) is 1. The third-order valence-electron chi connectivity index (χ3n) is 10.7. The molecule has 10 nitrogen and oxygen atoms in total. The number of para-hydroxylation sites is 1. The fourth-order valence-electron chi connectivity index (χ4n) is 8.00. The lowest BCUT2D eigenvalue weighted by atomic mass is 9.45. The van der Waals surface area contributed by atoms with Crippen molar-refractivity contribution >= 4 is 17.5 Å². The van der Waals surface area contributed by atoms with Crippen molar-refractivity contribution in [3.63, 3.8) is 0 Å². The molecule has 10 heteroatoms. The summed E-state index contributed by atoms with van der Waals surface area (Å²) in [4.78, 5) is 34.3. The van der Waals surface area contributed by atoms with Crippen LogP contribution in [-0.4, -0.2) is 79.2 Å². The summed E-state index contributed by atoms with van der Waals surface area (Å²) in [5, 5.41) is 25.9. The highest BCUT2D eigenvalue weighted by Gasteiger charge is 2.57. The molecule has 1 saturated heterocycles. The van der Waals surface area contributed by atoms with Crippen LogP contribution in [0.4, 0.5) is 5.69 Å². The number of anilines is 1. The summed E-state index contributed by atoms with van der Waals surface area (Å²) in [6, 6.07) is 10.4. The second kappa shape index (κ2) is 12.3. The molecular formula is C34H48N4O6. The van der Waals surface area contributed by atoms with Crippen LogP contribution in [0.1, 0.15) is 56.5 Å². The van der Waals surface area contributed by atoms with E-state index in [1.165, 1.54) is 6.42 Å². The predicted molar refractivity (Wildman–Crippen MR) is 169 cm³/mol. The van der Waals surface area contributed by atoms with E-state index in [0.717, 1.165) is 28.8 Å². The number of carbonyl (C=O) groups is 2. The number of primary amides is 1. The third-order valence-corrected chi connectivity index (χ3v) is 10.7. The number of hydroxylamine groups is 2. The molecule has 2 bridgehead atoms. The van der Waals surface area contributed by atoms with Crippen LogP contribution in [0.2, 0.25) is 0 Å². The normalized spacial score (nSPS) is 29.9. The zero-order valence-corrected chi connectivity index (χ0v) is 26.9. The Hall–Kier alpha value is -3.18. The molecule has 1 aliphatic heterocycles. The molecule has 240 valence electrons. The summed E-state index contributed by atoms with van der Waals surface area (Å²) in [5.41, 5.74) is 9.38. The van der Waals surface area contributed by atoms with E-state index in [4.69, 9.17) is 15.3 Å². The van der Waals surface area contributed by atoms with Crippen LogP contribution in [0.15, 0.2) is 36.4 Å². The maximum absolute atomic E-state index is 14.1. The van der Waals surface area contributed by atoms with Gasteiger partial charge in [-0.15, -0.1) is 0 Å². The first kappa shape index (κ1) is 32.2. The molecule has 44 heavy (non-hydrogen) atoms. The van der Waals surface area contributed by atoms with Gasteiger partial charge in [0.1, 0.15) is 17.9 Å². The van der Waals surface area contributed by atoms with Crippen molar-refractivity contribution in [3.05, 3.63) is 47.5 Å². The first-order valence-corrected chi connectivity index (χ1v) is 15.6. The molecule has 4 aliphatic rings. The first-order chi connectivity index (χ1) is 20.8. The Morgan fingerprint density at radius 1 is 1.23 bits per heavy atom. The number of amides is 2. The Morgan fingerprint density at radius 3 is 2.52 bits per heavy atom. The largest absolute Gasteiger partial charge is 0.496 e. The van der Waals surface area contributed by atoms with Crippen LogP contribution in [0, 0.1) is 29.1 Å². The van der Waals surface area contributed by atoms with Crippen molar-refractivity contribution in [1.29, 1.82) is 0 Å². The maximum Gasteiger partial charge on any atom is 0.248 e. The number of carbonyl (C=O) groups excluding carboxylic acids is 2. The van der Waals surface area contributed by atoms with E-state index in [1.807, 2.05) is 43.3 Å². The number of nitrogens with two attached hydrogens (primary N) is 1. The van der Waals surface area contributed by atoms with E-state index < -0.39 is 30.1 Å². The fourth-order valence-corrected chi connectivity index (χ4v) is 8.00. The van der Waals surface area contributed by atoms with E-state index in [-0.39, 0.29) is 25.1 Å². The van der Waals surface area contributed by atoms with E-state index in [9.17, 15) is 19.8 Å². The Labute approximate surface area is 260 Å². The summed E-state index contributed by atoms with van der Waals surface area (Å²) in [7, 11) is 5.36. The molecule has 0 unspecified atom stereocenters. The zero-order chi connectivity index (χ0) is 32.1. The molecule has 1 heterocycles. The highest BCUT2D eigenvalue weighted by atomic mass is 16.7. The lowest BCUT2D eigenvalue weighted by molar-refractivity contribution is -0.183. The Kier molecular flexibility index (Phi) is 9.01. The molecule has 0 radical (unpaired) electrons. The highest BCUT2D eigenvalue weighted by Crippen LogP contribution is 2.61. The minimum absolute atomic E-state index is 0.0465. The smallest absolute Gasteiger partial charge is 0.248 e. The topological polar surface area (TPSA) is 138 Å². The molecule has 5 N–H and O–H groups in total. The van der Waals surface area contributed by atoms with Gasteiger partial charge < -0.3 is 30.9 Å². The number of benzene rings is 2. The van der Waals surface area contributed by atoms with Gasteiger partial charge in [-0.05, 0) is 66.7 Å². The Balaban J connectivity index is 1.46. The second-order valence-corrected chi connectivity index (χ2v) is 13.8. The maximum atomic E-state index is 14.1. The van der Waals surface area contributed by atoms with Gasteiger partial charge in [0.25, 0.3) is 0 Å². The lowest BCUT2D eigenvalue weighted by Gasteiger charge is -2.62. The molecule has 6 rings (SSSR count). The molecular weight excluding hydrogens is 560 g/mol. The van der Waals surface area contributed by atoms with Gasteiger partial charge in [0.15, 0.2) is 0 Å². The number of hydrogen-bond acceptors (Lipinski definition) is 8. The van der Waals surface area contributed by atoms with Crippen molar-refractivity contribution in [1.82, 2.24) is 10.4 Å². The average molecular weight is 609 g/mol. The SMILES string of the molecule is COc1c(CN2O[C@@H](CO)[C@H]([C@H](C)O)[C@H]2C(=O)N[C@H]2C[C@H]3C[C@@H]([C@@H]2C)C3(C)C)cccc1-c1cc(C(N)=O)cc(N(C)C)c1. The van der Waals surface area contributed by atoms with Crippen LogP contribution in [-0.2, 0) is 16.2 Å². The molecule has 2 aromatic carbocycles. The van der Waals surface area contributed by atoms with Crippen LogP contribution in [0.3, 0.4) is 0 Å². The van der Waals surface area contributed by atoms with E-state index in [2.05, 4.69) is 26.1 Å². The molecule has 3 aliphatic carbocycles. The number of nitrogens with zero attached hydrogens (tertiary/aromatic N) is 2. The van der Waals surface area contributed by atoms with Gasteiger partial charge in [-0.25, -0.2) is 0 Å². The molecule has 0 aromatic heterocycles. The van der Waals surface area contributed by atoms with Gasteiger partial charge in [-0.2, -0.15) is 5.06 Å². The van der Waals surface area contributed by atoms with Crippen LogP contribution < -0.4 is 20.7 Å². The van der Waals surface area contributed by atoms with Crippen molar-refractivity contribution in [3.8, 4) is 16.9 Å². The van der Waals surface area contributed by atoms with Crippen LogP contribution in [0.25, 0.3) is 11.1 Å². The van der Waals surface area contributed by atoms with Crippen molar-refractivity contribution in [2.24, 2.45) is 34.8 Å². The van der Waals surface area contributed by atoms with Gasteiger partial charge in [-0.3, -0.25) is 14.4 Å². The summed E-state index contributed by atoms with van der Waals surface area (Å²) in [6.45, 7) is 8.35. The monoisotopic (exact) mass is 608 g/mol. The first-order valence-electron chi connectivity index (χ1n) is 15.6. The number of aliphatic hydroxyl groups excluding tert-OH is 2. The van der Waals surface area contributed by atoms with E-state index >= 15 is 0 Å². The third kappa shape index (κ3) is 5.69. The van der Waals surface area contributed by atoms with Gasteiger partial charge in [0.2, 0.25) is 11.8 Å². The molecule has 2 amide bonds. The Morgan fingerprint density at radius 2 is 1.95 bits per heavy atom. The average Bonchev–Trinajstić information content (AvgIpc) is 3.36. The van der Waals surface area contributed by atoms with Crippen LogP contribution >= 0.6 is 0 Å². The number of rotatable bonds is 10. The van der Waals surface area contributed by atoms with Gasteiger partial charge in [0.05, 0.1) is 26.4 Å². The van der Waals surface area contributed by atoms with Gasteiger partial charge in [-0.1, -0.05) is 39.0 Å². The van der Waals surface area contributed by atoms with Gasteiger partial charge >= 0.3 is 0 Å². The zero-order valence-electron chi connectivity index (χ0n) is 26.9. The number of aliphatic hydroxyl groups is 2. The molecule has 4 fully saturated rings. The summed E-state index contributed by atoms with van der Waals surface area (Å²) >= 11 is 0. The number of hydrogen-bond donors (Lipinski definition) is 4. The van der Waals surface area contributed by atoms with Crippen molar-refractivity contribution in [2.75, 3.05) is 32.7 Å². The minimum atomic E-state index is -0.891. The fraction of sp³-hybridized carbons (Fsp3) is 0.588. The minimum Gasteiger partial charge on any atom is -0.496 e. The van der Waals surface area contributed by atoms with Crippen LogP contribution in [0.5, 0.6) is 5.75 Å². The van der Waals surface area contributed by atoms with Crippen molar-refractivity contribution < 1.29 is 29.4 Å². The molecule has 3 saturated carbocycles. The quantitative estimate of drug-likeness (QED) is 0.323. The van der Waals surface area contributed by atoms with Crippen molar-refractivity contribution in [2.45, 2.75) is 71.4 Å². The second-order valence-electron chi connectivity index (χ2n) is 13.8. The number of fused-ring (bicyclic) bond motifs is 2. The summed E-state index contributed by atoms with van der Waals surface area (Å²) < 4.78 is 5.93. The number of methoxy groups -OCH3 is 1. The number of nitrogens with one attached hydrogen (secondary N) is 1. The van der Waals surface area contributed by atoms with E-state index in [0.29, 0.717) is 34.5 Å².